The number of piperidine rings is 1. The number of hydrogen-bond donors (Lipinski definition) is 1. The Morgan fingerprint density at radius 1 is 1.23 bits per heavy atom. The fraction of sp³-hybridized carbons (Fsp3) is 0.609. The molecule has 2 fully saturated rings. The summed E-state index contributed by atoms with van der Waals surface area (Å²) in [5, 5.41) is 3.87. The van der Waals surface area contributed by atoms with Gasteiger partial charge in [-0.25, -0.2) is 9.78 Å². The number of nitrogens with zero attached hydrogens (tertiary/aromatic N) is 3. The van der Waals surface area contributed by atoms with E-state index in [4.69, 9.17) is 9.47 Å². The Morgan fingerprint density at radius 2 is 1.89 bits per heavy atom. The number of methoxy groups -OCH3 is 1. The lowest BCUT2D eigenvalue weighted by Crippen LogP contribution is -2.62. The molecule has 1 spiro atoms. The molecule has 2 aromatic rings. The number of fused-ring (bicyclic) bond motifs is 1. The van der Waals surface area contributed by atoms with Crippen molar-refractivity contribution >= 4 is 39.4 Å². The number of carbonyl (C=O) groups excluding carboxylic acids is 2. The van der Waals surface area contributed by atoms with Crippen LogP contribution in [0.4, 0.5) is 23.8 Å². The van der Waals surface area contributed by atoms with Crippen LogP contribution in [0.3, 0.4) is 0 Å². The highest BCUT2D eigenvalue weighted by Crippen LogP contribution is 2.44. The van der Waals surface area contributed by atoms with Gasteiger partial charge in [-0.15, -0.1) is 11.3 Å². The smallest absolute Gasteiger partial charge is 0.417 e. The maximum atomic E-state index is 13.8. The SMILES string of the molecule is CNC(=O)c1csc2c(C(F)(F)F)cc(N3CCC4(CC3)CN(C(=O)OC(C)(C)COC)C4)nc12. The highest BCUT2D eigenvalue weighted by atomic mass is 32.1. The quantitative estimate of drug-likeness (QED) is 0.646. The van der Waals surface area contributed by atoms with Crippen molar-refractivity contribution in [1.82, 2.24) is 15.2 Å². The summed E-state index contributed by atoms with van der Waals surface area (Å²) in [5.74, 6) is -0.262. The van der Waals surface area contributed by atoms with Gasteiger partial charge in [-0.3, -0.25) is 4.79 Å². The van der Waals surface area contributed by atoms with Crippen molar-refractivity contribution in [2.45, 2.75) is 38.5 Å². The van der Waals surface area contributed by atoms with Gasteiger partial charge in [0.2, 0.25) is 0 Å². The first-order chi connectivity index (χ1) is 16.4. The molecule has 4 heterocycles. The number of hydrogen-bond acceptors (Lipinski definition) is 7. The summed E-state index contributed by atoms with van der Waals surface area (Å²) in [4.78, 5) is 32.6. The zero-order valence-electron chi connectivity index (χ0n) is 20.1. The van der Waals surface area contributed by atoms with Crippen LogP contribution in [0.15, 0.2) is 11.4 Å². The molecule has 1 N–H and O–H groups in total. The van der Waals surface area contributed by atoms with E-state index in [9.17, 15) is 22.8 Å². The van der Waals surface area contributed by atoms with E-state index >= 15 is 0 Å². The van der Waals surface area contributed by atoms with Gasteiger partial charge in [0.05, 0.1) is 28.0 Å². The van der Waals surface area contributed by atoms with Gasteiger partial charge in [0.15, 0.2) is 0 Å². The molecular formula is C23H29F3N4O4S. The van der Waals surface area contributed by atoms with E-state index in [2.05, 4.69) is 10.3 Å². The Bertz CT molecular complexity index is 1120. The Morgan fingerprint density at radius 3 is 2.46 bits per heavy atom. The van der Waals surface area contributed by atoms with Gasteiger partial charge >= 0.3 is 12.3 Å². The van der Waals surface area contributed by atoms with Crippen LogP contribution in [0.2, 0.25) is 0 Å². The third-order valence-corrected chi connectivity index (χ3v) is 7.60. The average molecular weight is 515 g/mol. The summed E-state index contributed by atoms with van der Waals surface area (Å²) >= 11 is 0.870. The molecule has 12 heteroatoms. The van der Waals surface area contributed by atoms with Crippen LogP contribution in [0, 0.1) is 5.41 Å². The second-order valence-electron chi connectivity index (χ2n) is 9.84. The molecule has 2 aliphatic rings. The predicted molar refractivity (Wildman–Crippen MR) is 126 cm³/mol. The third-order valence-electron chi connectivity index (χ3n) is 6.60. The molecule has 2 saturated heterocycles. The zero-order valence-corrected chi connectivity index (χ0v) is 20.9. The highest BCUT2D eigenvalue weighted by molar-refractivity contribution is 7.17. The maximum Gasteiger partial charge on any atom is 0.417 e. The molecule has 2 amide bonds. The molecule has 2 aromatic heterocycles. The number of thiophene rings is 1. The van der Waals surface area contributed by atoms with Crippen molar-refractivity contribution in [3.63, 3.8) is 0 Å². The molecule has 4 rings (SSSR count). The highest BCUT2D eigenvalue weighted by Gasteiger charge is 2.48. The lowest BCUT2D eigenvalue weighted by molar-refractivity contribution is -0.136. The van der Waals surface area contributed by atoms with E-state index in [1.54, 1.807) is 25.9 Å². The molecule has 8 nitrogen and oxygen atoms in total. The average Bonchev–Trinajstić information content (AvgIpc) is 3.19. The van der Waals surface area contributed by atoms with Crippen molar-refractivity contribution in [3.05, 3.63) is 22.6 Å². The summed E-state index contributed by atoms with van der Waals surface area (Å²) in [6, 6.07) is 1.08. The second kappa shape index (κ2) is 9.12. The molecule has 192 valence electrons. The Hall–Kier alpha value is -2.60. The van der Waals surface area contributed by atoms with Gasteiger partial charge in [-0.05, 0) is 32.8 Å². The maximum absolute atomic E-state index is 13.8. The Balaban J connectivity index is 1.47. The number of pyridine rings is 1. The Labute approximate surface area is 205 Å². The molecule has 2 aliphatic heterocycles. The van der Waals surface area contributed by atoms with Crippen LogP contribution in [-0.4, -0.2) is 74.4 Å². The predicted octanol–water partition coefficient (Wildman–Crippen LogP) is 4.14. The molecule has 0 unspecified atom stereocenters. The van der Waals surface area contributed by atoms with Gasteiger partial charge in [-0.1, -0.05) is 0 Å². The van der Waals surface area contributed by atoms with Gasteiger partial charge in [0, 0.05) is 51.1 Å². The first kappa shape index (κ1) is 25.5. The van der Waals surface area contributed by atoms with Crippen LogP contribution in [-0.2, 0) is 15.7 Å². The first-order valence-corrected chi connectivity index (χ1v) is 12.2. The van der Waals surface area contributed by atoms with E-state index in [0.717, 1.165) is 17.4 Å². The molecule has 0 atom stereocenters. The van der Waals surface area contributed by atoms with Crippen LogP contribution in [0.5, 0.6) is 0 Å². The topological polar surface area (TPSA) is 84.0 Å². The molecular weight excluding hydrogens is 485 g/mol. The third kappa shape index (κ3) is 5.04. The summed E-state index contributed by atoms with van der Waals surface area (Å²) in [6.45, 7) is 5.97. The van der Waals surface area contributed by atoms with E-state index in [0.29, 0.717) is 39.0 Å². The van der Waals surface area contributed by atoms with E-state index in [1.807, 2.05) is 4.90 Å². The normalized spacial score (nSPS) is 18.0. The fourth-order valence-corrected chi connectivity index (χ4v) is 5.78. The fourth-order valence-electron chi connectivity index (χ4n) is 4.76. The van der Waals surface area contributed by atoms with Gasteiger partial charge in [0.25, 0.3) is 5.91 Å². The number of likely N-dealkylation sites (tertiary alicyclic amines) is 1. The Kier molecular flexibility index (Phi) is 6.64. The number of halogens is 3. The lowest BCUT2D eigenvalue weighted by Gasteiger charge is -2.53. The number of aromatic nitrogens is 1. The van der Waals surface area contributed by atoms with Crippen molar-refractivity contribution in [2.24, 2.45) is 5.41 Å². The number of alkyl halides is 3. The zero-order chi connectivity index (χ0) is 25.6. The van der Waals surface area contributed by atoms with Crippen LogP contribution in [0.25, 0.3) is 10.2 Å². The number of rotatable bonds is 5. The molecule has 0 aromatic carbocycles. The summed E-state index contributed by atoms with van der Waals surface area (Å²) in [5.41, 5.74) is -1.39. The van der Waals surface area contributed by atoms with Crippen molar-refractivity contribution in [3.8, 4) is 0 Å². The van der Waals surface area contributed by atoms with E-state index in [1.165, 1.54) is 12.4 Å². The van der Waals surface area contributed by atoms with Gasteiger partial charge < -0.3 is 24.6 Å². The number of nitrogens with one attached hydrogen (secondary N) is 1. The van der Waals surface area contributed by atoms with Crippen LogP contribution < -0.4 is 10.2 Å². The summed E-state index contributed by atoms with van der Waals surface area (Å²) in [7, 11) is 2.98. The van der Waals surface area contributed by atoms with Gasteiger partial charge in [-0.2, -0.15) is 13.2 Å². The molecule has 0 aliphatic carbocycles. The first-order valence-electron chi connectivity index (χ1n) is 11.3. The lowest BCUT2D eigenvalue weighted by atomic mass is 9.72. The monoisotopic (exact) mass is 514 g/mol. The minimum absolute atomic E-state index is 0.0436. The van der Waals surface area contributed by atoms with E-state index < -0.39 is 23.2 Å². The number of anilines is 1. The largest absolute Gasteiger partial charge is 0.441 e. The minimum Gasteiger partial charge on any atom is -0.441 e. The molecule has 0 bridgehead atoms. The standard InChI is InChI=1S/C23H29F3N4O4S/c1-21(2,13-33-4)34-20(32)30-11-22(12-30)5-7-29(8-6-22)16-9-15(23(24,25)26)18-17(28-16)14(10-35-18)19(31)27-3/h9-10H,5-8,11-13H2,1-4H3,(H,27,31). The minimum atomic E-state index is -4.57. The molecule has 35 heavy (non-hydrogen) atoms. The van der Waals surface area contributed by atoms with Gasteiger partial charge in [0.1, 0.15) is 11.4 Å². The van der Waals surface area contributed by atoms with Crippen LogP contribution >= 0.6 is 11.3 Å². The molecule has 0 saturated carbocycles. The number of ether oxygens (including phenoxy) is 2. The summed E-state index contributed by atoms with van der Waals surface area (Å²) < 4.78 is 52.1. The van der Waals surface area contributed by atoms with E-state index in [-0.39, 0.29) is 39.7 Å². The molecule has 0 radical (unpaired) electrons. The van der Waals surface area contributed by atoms with Crippen molar-refractivity contribution < 1.29 is 32.2 Å². The van der Waals surface area contributed by atoms with Crippen molar-refractivity contribution in [2.75, 3.05) is 51.8 Å². The summed E-state index contributed by atoms with van der Waals surface area (Å²) in [6.07, 6.45) is -3.53. The second-order valence-corrected chi connectivity index (χ2v) is 10.7. The number of amides is 2. The number of carbonyl (C=O) groups is 2. The van der Waals surface area contributed by atoms with Crippen molar-refractivity contribution in [1.29, 1.82) is 0 Å². The van der Waals surface area contributed by atoms with Crippen LogP contribution in [0.1, 0.15) is 42.6 Å².